The number of nitrogens with two attached hydrogens (primary N) is 1. The maximum absolute atomic E-state index is 11.6. The van der Waals surface area contributed by atoms with Crippen molar-refractivity contribution in [2.45, 2.75) is 12.8 Å². The van der Waals surface area contributed by atoms with E-state index in [1.54, 1.807) is 6.20 Å². The van der Waals surface area contributed by atoms with Crippen LogP contribution in [0.15, 0.2) is 29.8 Å². The Morgan fingerprint density at radius 3 is 3.05 bits per heavy atom. The zero-order chi connectivity index (χ0) is 13.5. The Morgan fingerprint density at radius 2 is 2.32 bits per heavy atom. The SMILES string of the molecule is NCCCNC(=O)Cc1csc(-c2ccccn2)n1. The summed E-state index contributed by atoms with van der Waals surface area (Å²) >= 11 is 1.50. The molecule has 1 amide bonds. The first-order valence-electron chi connectivity index (χ1n) is 6.12. The molecule has 0 saturated carbocycles. The number of carbonyl (C=O) groups excluding carboxylic acids is 1. The lowest BCUT2D eigenvalue weighted by atomic mass is 10.3. The van der Waals surface area contributed by atoms with Crippen LogP contribution in [0, 0.1) is 0 Å². The molecule has 2 aromatic heterocycles. The van der Waals surface area contributed by atoms with Gasteiger partial charge in [0.2, 0.25) is 5.91 Å². The summed E-state index contributed by atoms with van der Waals surface area (Å²) in [7, 11) is 0. The van der Waals surface area contributed by atoms with Gasteiger partial charge in [-0.2, -0.15) is 0 Å². The van der Waals surface area contributed by atoms with Crippen LogP contribution in [-0.2, 0) is 11.2 Å². The molecular weight excluding hydrogens is 260 g/mol. The van der Waals surface area contributed by atoms with Gasteiger partial charge in [0.1, 0.15) is 5.01 Å². The number of amides is 1. The number of aromatic nitrogens is 2. The maximum Gasteiger partial charge on any atom is 0.226 e. The minimum absolute atomic E-state index is 0.0219. The lowest BCUT2D eigenvalue weighted by Gasteiger charge is -2.01. The molecule has 3 N–H and O–H groups in total. The number of hydrogen-bond donors (Lipinski definition) is 2. The van der Waals surface area contributed by atoms with Crippen molar-refractivity contribution in [3.05, 3.63) is 35.5 Å². The van der Waals surface area contributed by atoms with Crippen LogP contribution in [0.1, 0.15) is 12.1 Å². The topological polar surface area (TPSA) is 80.9 Å². The summed E-state index contributed by atoms with van der Waals surface area (Å²) in [6, 6.07) is 5.69. The van der Waals surface area contributed by atoms with E-state index in [0.717, 1.165) is 22.8 Å². The Bertz CT molecular complexity index is 526. The van der Waals surface area contributed by atoms with Crippen molar-refractivity contribution < 1.29 is 4.79 Å². The molecule has 0 radical (unpaired) electrons. The smallest absolute Gasteiger partial charge is 0.226 e. The second-order valence-electron chi connectivity index (χ2n) is 4.03. The molecule has 0 fully saturated rings. The van der Waals surface area contributed by atoms with Gasteiger partial charge < -0.3 is 11.1 Å². The van der Waals surface area contributed by atoms with Gasteiger partial charge in [-0.3, -0.25) is 9.78 Å². The van der Waals surface area contributed by atoms with Crippen molar-refractivity contribution >= 4 is 17.2 Å². The van der Waals surface area contributed by atoms with Crippen LogP contribution < -0.4 is 11.1 Å². The number of thiazole rings is 1. The highest BCUT2D eigenvalue weighted by molar-refractivity contribution is 7.13. The molecule has 6 heteroatoms. The molecule has 0 aliphatic heterocycles. The van der Waals surface area contributed by atoms with E-state index in [0.29, 0.717) is 19.5 Å². The fourth-order valence-corrected chi connectivity index (χ4v) is 2.35. The lowest BCUT2D eigenvalue weighted by Crippen LogP contribution is -2.27. The van der Waals surface area contributed by atoms with Gasteiger partial charge in [0.05, 0.1) is 17.8 Å². The first-order chi connectivity index (χ1) is 9.29. The van der Waals surface area contributed by atoms with E-state index in [4.69, 9.17) is 5.73 Å². The van der Waals surface area contributed by atoms with E-state index in [1.807, 2.05) is 23.6 Å². The third-order valence-electron chi connectivity index (χ3n) is 2.48. The number of hydrogen-bond acceptors (Lipinski definition) is 5. The molecule has 0 atom stereocenters. The Morgan fingerprint density at radius 1 is 1.42 bits per heavy atom. The minimum atomic E-state index is -0.0219. The van der Waals surface area contributed by atoms with Gasteiger partial charge in [-0.15, -0.1) is 11.3 Å². The van der Waals surface area contributed by atoms with Gasteiger partial charge in [0.25, 0.3) is 0 Å². The van der Waals surface area contributed by atoms with Crippen LogP contribution in [0.2, 0.25) is 0 Å². The Kier molecular flexibility index (Phi) is 5.00. The second-order valence-corrected chi connectivity index (χ2v) is 4.89. The molecule has 2 aromatic rings. The average molecular weight is 276 g/mol. The largest absolute Gasteiger partial charge is 0.356 e. The highest BCUT2D eigenvalue weighted by Gasteiger charge is 2.09. The molecule has 100 valence electrons. The average Bonchev–Trinajstić information content (AvgIpc) is 2.88. The van der Waals surface area contributed by atoms with Crippen molar-refractivity contribution in [2.24, 2.45) is 5.73 Å². The first kappa shape index (κ1) is 13.6. The van der Waals surface area contributed by atoms with Crippen molar-refractivity contribution in [1.82, 2.24) is 15.3 Å². The molecule has 0 aliphatic carbocycles. The molecule has 5 nitrogen and oxygen atoms in total. The lowest BCUT2D eigenvalue weighted by molar-refractivity contribution is -0.120. The molecule has 0 bridgehead atoms. The minimum Gasteiger partial charge on any atom is -0.356 e. The molecular formula is C13H16N4OS. The summed E-state index contributed by atoms with van der Waals surface area (Å²) in [5.74, 6) is -0.0219. The highest BCUT2D eigenvalue weighted by Crippen LogP contribution is 2.21. The van der Waals surface area contributed by atoms with Crippen LogP contribution in [0.3, 0.4) is 0 Å². The van der Waals surface area contributed by atoms with Crippen LogP contribution in [0.4, 0.5) is 0 Å². The van der Waals surface area contributed by atoms with Gasteiger partial charge in [0.15, 0.2) is 0 Å². The summed E-state index contributed by atoms with van der Waals surface area (Å²) in [5, 5.41) is 5.54. The predicted octanol–water partition coefficient (Wildman–Crippen LogP) is 1.21. The van der Waals surface area contributed by atoms with Crippen molar-refractivity contribution in [3.63, 3.8) is 0 Å². The van der Waals surface area contributed by atoms with Crippen molar-refractivity contribution in [3.8, 4) is 10.7 Å². The highest BCUT2D eigenvalue weighted by atomic mass is 32.1. The third-order valence-corrected chi connectivity index (χ3v) is 3.39. The van der Waals surface area contributed by atoms with Crippen LogP contribution >= 0.6 is 11.3 Å². The van der Waals surface area contributed by atoms with Gasteiger partial charge in [-0.05, 0) is 25.1 Å². The zero-order valence-corrected chi connectivity index (χ0v) is 11.3. The summed E-state index contributed by atoms with van der Waals surface area (Å²) < 4.78 is 0. The second kappa shape index (κ2) is 6.96. The van der Waals surface area contributed by atoms with E-state index >= 15 is 0 Å². The molecule has 2 rings (SSSR count). The van der Waals surface area contributed by atoms with Crippen LogP contribution in [0.25, 0.3) is 10.7 Å². The van der Waals surface area contributed by atoms with Crippen molar-refractivity contribution in [1.29, 1.82) is 0 Å². The molecule has 0 unspecified atom stereocenters. The standard InChI is InChI=1S/C13H16N4OS/c14-5-3-7-16-12(18)8-10-9-19-13(17-10)11-4-1-2-6-15-11/h1-2,4,6,9H,3,5,7-8,14H2,(H,16,18). The van der Waals surface area contributed by atoms with Gasteiger partial charge >= 0.3 is 0 Å². The van der Waals surface area contributed by atoms with E-state index < -0.39 is 0 Å². The number of rotatable bonds is 6. The normalized spacial score (nSPS) is 10.4. The van der Waals surface area contributed by atoms with Gasteiger partial charge in [-0.1, -0.05) is 6.07 Å². The van der Waals surface area contributed by atoms with E-state index in [1.165, 1.54) is 11.3 Å². The van der Waals surface area contributed by atoms with E-state index in [2.05, 4.69) is 15.3 Å². The summed E-state index contributed by atoms with van der Waals surface area (Å²) in [5.41, 5.74) is 6.98. The quantitative estimate of drug-likeness (QED) is 0.777. The van der Waals surface area contributed by atoms with Crippen LogP contribution in [-0.4, -0.2) is 29.0 Å². The summed E-state index contributed by atoms with van der Waals surface area (Å²) in [6.45, 7) is 1.20. The van der Waals surface area contributed by atoms with Crippen LogP contribution in [0.5, 0.6) is 0 Å². The number of pyridine rings is 1. The number of carbonyl (C=O) groups is 1. The maximum atomic E-state index is 11.6. The Balaban J connectivity index is 1.93. The summed E-state index contributed by atoms with van der Waals surface area (Å²) in [6.07, 6.45) is 2.83. The Labute approximate surface area is 115 Å². The molecule has 0 saturated heterocycles. The third kappa shape index (κ3) is 4.11. The Hall–Kier alpha value is -1.79. The van der Waals surface area contributed by atoms with Gasteiger partial charge in [0, 0.05) is 18.1 Å². The number of nitrogens with zero attached hydrogens (tertiary/aromatic N) is 2. The molecule has 0 spiro atoms. The molecule has 19 heavy (non-hydrogen) atoms. The van der Waals surface area contributed by atoms with Gasteiger partial charge in [-0.25, -0.2) is 4.98 Å². The summed E-state index contributed by atoms with van der Waals surface area (Å²) in [4.78, 5) is 20.3. The van der Waals surface area contributed by atoms with Crippen molar-refractivity contribution in [2.75, 3.05) is 13.1 Å². The molecule has 0 aromatic carbocycles. The fourth-order valence-electron chi connectivity index (χ4n) is 1.55. The fraction of sp³-hybridized carbons (Fsp3) is 0.308. The zero-order valence-electron chi connectivity index (χ0n) is 10.5. The van der Waals surface area contributed by atoms with E-state index in [9.17, 15) is 4.79 Å². The van der Waals surface area contributed by atoms with E-state index in [-0.39, 0.29) is 5.91 Å². The number of nitrogens with one attached hydrogen (secondary N) is 1. The molecule has 2 heterocycles. The monoisotopic (exact) mass is 276 g/mol. The molecule has 0 aliphatic rings. The predicted molar refractivity (Wildman–Crippen MR) is 75.7 cm³/mol. The first-order valence-corrected chi connectivity index (χ1v) is 7.00.